The summed E-state index contributed by atoms with van der Waals surface area (Å²) in [7, 11) is 0. The number of rotatable bonds is 6. The Hall–Kier alpha value is -2.77. The van der Waals surface area contributed by atoms with Crippen molar-refractivity contribution < 1.29 is 13.6 Å². The first-order chi connectivity index (χ1) is 14.1. The summed E-state index contributed by atoms with van der Waals surface area (Å²) < 4.78 is 28.6. The molecular formula is C22H23ClF2N4O. The second-order valence-electron chi connectivity index (χ2n) is 7.07. The topological polar surface area (TPSA) is 58.9 Å². The Kier molecular flexibility index (Phi) is 6.84. The van der Waals surface area contributed by atoms with Crippen molar-refractivity contribution in [3.05, 3.63) is 76.6 Å². The molecule has 1 aliphatic rings. The monoisotopic (exact) mass is 432 g/mol. The van der Waals surface area contributed by atoms with Gasteiger partial charge in [0.1, 0.15) is 0 Å². The van der Waals surface area contributed by atoms with E-state index in [0.29, 0.717) is 17.1 Å². The van der Waals surface area contributed by atoms with Crippen LogP contribution in [0.5, 0.6) is 0 Å². The zero-order valence-electron chi connectivity index (χ0n) is 16.5. The van der Waals surface area contributed by atoms with Crippen molar-refractivity contribution in [2.45, 2.75) is 32.7 Å². The van der Waals surface area contributed by atoms with Gasteiger partial charge in [-0.25, -0.2) is 13.5 Å². The minimum atomic E-state index is -0.937. The van der Waals surface area contributed by atoms with Gasteiger partial charge in [0, 0.05) is 29.6 Å². The number of hydrogen-bond acceptors (Lipinski definition) is 3. The molecule has 1 aromatic heterocycles. The zero-order valence-corrected chi connectivity index (χ0v) is 17.4. The molecule has 0 bridgehead atoms. The highest BCUT2D eigenvalue weighted by Crippen LogP contribution is 2.29. The average molecular weight is 433 g/mol. The van der Waals surface area contributed by atoms with Crippen LogP contribution in [-0.2, 0) is 19.4 Å². The van der Waals surface area contributed by atoms with E-state index in [9.17, 15) is 13.6 Å². The van der Waals surface area contributed by atoms with Gasteiger partial charge in [0.05, 0.1) is 5.69 Å². The van der Waals surface area contributed by atoms with E-state index < -0.39 is 11.6 Å². The lowest BCUT2D eigenvalue weighted by Crippen LogP contribution is -2.16. The number of hydrogen-bond donors (Lipinski definition) is 2. The highest BCUT2D eigenvalue weighted by atomic mass is 35.5. The van der Waals surface area contributed by atoms with Crippen molar-refractivity contribution in [1.29, 1.82) is 0 Å². The van der Waals surface area contributed by atoms with Crippen molar-refractivity contribution in [3.63, 3.8) is 0 Å². The number of amides is 1. The molecular weight excluding hydrogens is 410 g/mol. The molecule has 158 valence electrons. The van der Waals surface area contributed by atoms with Crippen LogP contribution in [0.4, 0.5) is 14.5 Å². The van der Waals surface area contributed by atoms with Gasteiger partial charge in [-0.1, -0.05) is 19.1 Å². The number of aromatic nitrogens is 2. The molecule has 0 radical (unpaired) electrons. The summed E-state index contributed by atoms with van der Waals surface area (Å²) in [6.45, 7) is 3.63. The van der Waals surface area contributed by atoms with Crippen LogP contribution in [-0.4, -0.2) is 22.2 Å². The Labute approximate surface area is 179 Å². The Morgan fingerprint density at radius 2 is 1.97 bits per heavy atom. The predicted octanol–water partition coefficient (Wildman–Crippen LogP) is 4.42. The van der Waals surface area contributed by atoms with Gasteiger partial charge in [-0.3, -0.25) is 4.79 Å². The maximum absolute atomic E-state index is 13.7. The Morgan fingerprint density at radius 1 is 1.13 bits per heavy atom. The molecule has 0 unspecified atom stereocenters. The summed E-state index contributed by atoms with van der Waals surface area (Å²) in [5.41, 5.74) is 4.26. The van der Waals surface area contributed by atoms with Crippen molar-refractivity contribution in [1.82, 2.24) is 15.1 Å². The zero-order chi connectivity index (χ0) is 20.4. The van der Waals surface area contributed by atoms with Crippen LogP contribution >= 0.6 is 12.4 Å². The number of fused-ring (bicyclic) bond motifs is 1. The van der Waals surface area contributed by atoms with E-state index in [-0.39, 0.29) is 18.3 Å². The summed E-state index contributed by atoms with van der Waals surface area (Å²) >= 11 is 0. The third-order valence-electron chi connectivity index (χ3n) is 5.06. The smallest absolute Gasteiger partial charge is 0.276 e. The highest BCUT2D eigenvalue weighted by molar-refractivity contribution is 6.04. The van der Waals surface area contributed by atoms with Crippen LogP contribution in [0.15, 0.2) is 42.5 Å². The first-order valence-corrected chi connectivity index (χ1v) is 9.74. The number of benzene rings is 2. The molecule has 1 heterocycles. The fourth-order valence-electron chi connectivity index (χ4n) is 3.67. The van der Waals surface area contributed by atoms with Crippen LogP contribution in [0.3, 0.4) is 0 Å². The molecule has 0 fully saturated rings. The van der Waals surface area contributed by atoms with Gasteiger partial charge in [-0.15, -0.1) is 12.4 Å². The Bertz CT molecular complexity index is 1070. The highest BCUT2D eigenvalue weighted by Gasteiger charge is 2.27. The summed E-state index contributed by atoms with van der Waals surface area (Å²) in [6.07, 6.45) is 2.38. The lowest BCUT2D eigenvalue weighted by Gasteiger charge is -2.08. The van der Waals surface area contributed by atoms with Gasteiger partial charge in [-0.05, 0) is 55.6 Å². The largest absolute Gasteiger partial charge is 0.321 e. The third kappa shape index (κ3) is 4.37. The van der Waals surface area contributed by atoms with Gasteiger partial charge in [0.25, 0.3) is 5.91 Å². The molecule has 3 aromatic rings. The van der Waals surface area contributed by atoms with E-state index in [4.69, 9.17) is 0 Å². The lowest BCUT2D eigenvalue weighted by molar-refractivity contribution is 0.102. The Balaban J connectivity index is 0.00000256. The molecule has 1 amide bonds. The number of carbonyl (C=O) groups is 1. The molecule has 0 spiro atoms. The molecule has 0 saturated carbocycles. The normalized spacial score (nSPS) is 12.4. The summed E-state index contributed by atoms with van der Waals surface area (Å²) in [5, 5.41) is 10.6. The summed E-state index contributed by atoms with van der Waals surface area (Å²) in [5.74, 6) is -2.15. The van der Waals surface area contributed by atoms with E-state index in [2.05, 4.69) is 15.7 Å². The van der Waals surface area contributed by atoms with E-state index in [1.165, 1.54) is 6.07 Å². The molecule has 5 nitrogen and oxygen atoms in total. The molecule has 2 aromatic carbocycles. The number of nitrogens with one attached hydrogen (secondary N) is 2. The molecule has 0 atom stereocenters. The van der Waals surface area contributed by atoms with Crippen molar-refractivity contribution in [2.75, 3.05) is 11.9 Å². The van der Waals surface area contributed by atoms with Crippen LogP contribution < -0.4 is 10.6 Å². The van der Waals surface area contributed by atoms with Gasteiger partial charge in [0.2, 0.25) is 0 Å². The van der Waals surface area contributed by atoms with Crippen molar-refractivity contribution in [2.24, 2.45) is 0 Å². The molecule has 8 heteroatoms. The number of halogens is 3. The van der Waals surface area contributed by atoms with Gasteiger partial charge in [0.15, 0.2) is 17.3 Å². The first kappa shape index (κ1) is 21.9. The van der Waals surface area contributed by atoms with E-state index >= 15 is 0 Å². The third-order valence-corrected chi connectivity index (χ3v) is 5.06. The van der Waals surface area contributed by atoms with Crippen LogP contribution in [0.25, 0.3) is 5.69 Å². The van der Waals surface area contributed by atoms with Crippen LogP contribution in [0.2, 0.25) is 0 Å². The van der Waals surface area contributed by atoms with E-state index in [1.807, 2.05) is 31.2 Å². The average Bonchev–Trinajstić information content (AvgIpc) is 3.31. The van der Waals surface area contributed by atoms with Gasteiger partial charge < -0.3 is 10.6 Å². The second-order valence-corrected chi connectivity index (χ2v) is 7.07. The minimum Gasteiger partial charge on any atom is -0.321 e. The molecule has 0 aliphatic heterocycles. The SMILES string of the molecule is CCNCc1cccc(NC(=O)c2nn(-c3ccc(F)c(F)c3)c3c2CCC3)c1.Cl. The number of anilines is 1. The molecule has 4 rings (SSSR count). The maximum Gasteiger partial charge on any atom is 0.276 e. The minimum absolute atomic E-state index is 0. The molecule has 1 aliphatic carbocycles. The Morgan fingerprint density at radius 3 is 2.73 bits per heavy atom. The maximum atomic E-state index is 13.7. The summed E-state index contributed by atoms with van der Waals surface area (Å²) in [4.78, 5) is 12.9. The van der Waals surface area contributed by atoms with Gasteiger partial charge in [-0.2, -0.15) is 5.10 Å². The summed E-state index contributed by atoms with van der Waals surface area (Å²) in [6, 6.07) is 11.3. The molecule has 0 saturated heterocycles. The lowest BCUT2D eigenvalue weighted by atomic mass is 10.1. The van der Waals surface area contributed by atoms with Crippen LogP contribution in [0, 0.1) is 11.6 Å². The van der Waals surface area contributed by atoms with Crippen molar-refractivity contribution in [3.8, 4) is 5.69 Å². The number of carbonyl (C=O) groups excluding carboxylic acids is 1. The number of nitrogens with zero attached hydrogens (tertiary/aromatic N) is 2. The molecule has 2 N–H and O–H groups in total. The fraction of sp³-hybridized carbons (Fsp3) is 0.273. The van der Waals surface area contributed by atoms with E-state index in [1.54, 1.807) is 4.68 Å². The predicted molar refractivity (Wildman–Crippen MR) is 115 cm³/mol. The fourth-order valence-corrected chi connectivity index (χ4v) is 3.67. The standard InChI is InChI=1S/C22H22F2N4O.ClH/c1-2-25-13-14-5-3-6-15(11-14)26-22(29)21-17-7-4-8-20(17)28(27-21)16-9-10-18(23)19(24)12-16;/h3,5-6,9-12,25H,2,4,7-8,13H2,1H3,(H,26,29);1H. The quantitative estimate of drug-likeness (QED) is 0.606. The van der Waals surface area contributed by atoms with Gasteiger partial charge >= 0.3 is 0 Å². The van der Waals surface area contributed by atoms with Crippen LogP contribution in [0.1, 0.15) is 40.7 Å². The van der Waals surface area contributed by atoms with E-state index in [0.717, 1.165) is 61.3 Å². The first-order valence-electron chi connectivity index (χ1n) is 9.74. The second kappa shape index (κ2) is 9.36. The molecule has 30 heavy (non-hydrogen) atoms. The van der Waals surface area contributed by atoms with Crippen molar-refractivity contribution >= 4 is 24.0 Å².